The Kier molecular flexibility index (Phi) is 10.2. The van der Waals surface area contributed by atoms with Gasteiger partial charge in [0.25, 0.3) is 10.1 Å². The van der Waals surface area contributed by atoms with E-state index in [-0.39, 0.29) is 72.0 Å². The minimum atomic E-state index is -4.16. The molecule has 9 fully saturated rings. The number of fused-ring (bicyclic) bond motifs is 20. The van der Waals surface area contributed by atoms with E-state index in [9.17, 15) is 13.0 Å². The maximum Gasteiger partial charge on any atom is 0.268 e. The zero-order valence-electron chi connectivity index (χ0n) is 27.1. The van der Waals surface area contributed by atoms with E-state index in [0.29, 0.717) is 54.3 Å². The van der Waals surface area contributed by atoms with Crippen molar-refractivity contribution in [2.75, 3.05) is 0 Å². The molecular weight excluding hydrogens is 654 g/mol. The molecule has 5 heterocycles. The summed E-state index contributed by atoms with van der Waals surface area (Å²) in [4.78, 5) is 0. The van der Waals surface area contributed by atoms with E-state index in [4.69, 9.17) is 0 Å². The van der Waals surface area contributed by atoms with Crippen LogP contribution in [0.15, 0.2) is 0 Å². The van der Waals surface area contributed by atoms with Crippen LogP contribution < -0.4 is 48.7 Å². The molecular formula is C32H59CuN9O3S. The fraction of sp³-hybridized carbons (Fsp3) is 1.00. The van der Waals surface area contributed by atoms with E-state index in [1.807, 2.05) is 0 Å². The van der Waals surface area contributed by atoms with Crippen molar-refractivity contribution in [3.63, 3.8) is 0 Å². The van der Waals surface area contributed by atoms with E-state index in [1.165, 1.54) is 77.0 Å². The molecule has 12 N–H and O–H groups in total. The molecule has 12 nitrogen and oxygen atoms in total. The van der Waals surface area contributed by atoms with Gasteiger partial charge in [0.05, 0.1) is 54.6 Å². The topological polar surface area (TPSA) is 186 Å². The summed E-state index contributed by atoms with van der Waals surface area (Å²) >= 11 is 0. The molecule has 0 aromatic rings. The first kappa shape index (κ1) is 34.5. The Morgan fingerprint density at radius 3 is 0.957 bits per heavy atom. The molecule has 5 saturated heterocycles. The average molecular weight is 713 g/mol. The Morgan fingerprint density at radius 1 is 0.391 bits per heavy atom. The van der Waals surface area contributed by atoms with Crippen molar-refractivity contribution in [1.82, 2.24) is 48.7 Å². The molecule has 14 heteroatoms. The van der Waals surface area contributed by atoms with Crippen LogP contribution in [0.2, 0.25) is 0 Å². The van der Waals surface area contributed by atoms with Gasteiger partial charge in [-0.2, -0.15) is 8.42 Å². The van der Waals surface area contributed by atoms with Crippen molar-refractivity contribution in [2.24, 2.45) is 47.3 Å². The minimum Gasteiger partial charge on any atom is -0.344 e. The quantitative estimate of drug-likeness (QED) is 0.140. The third-order valence-electron chi connectivity index (χ3n) is 14.2. The van der Waals surface area contributed by atoms with Crippen LogP contribution in [0.4, 0.5) is 0 Å². The molecule has 0 spiro atoms. The normalized spacial score (nSPS) is 53.1. The van der Waals surface area contributed by atoms with Gasteiger partial charge in [-0.1, -0.05) is 44.9 Å². The van der Waals surface area contributed by atoms with Crippen LogP contribution in [0.3, 0.4) is 0 Å². The second-order valence-corrected chi connectivity index (χ2v) is 17.9. The molecule has 0 aromatic carbocycles. The van der Waals surface area contributed by atoms with Crippen molar-refractivity contribution in [3.8, 4) is 0 Å². The zero-order chi connectivity index (χ0) is 29.6. The smallest absolute Gasteiger partial charge is 0.268 e. The van der Waals surface area contributed by atoms with Crippen LogP contribution in [0.25, 0.3) is 0 Å². The minimum absolute atomic E-state index is 0. The Morgan fingerprint density at radius 2 is 0.652 bits per heavy atom. The molecule has 46 heavy (non-hydrogen) atoms. The summed E-state index contributed by atoms with van der Waals surface area (Å²) in [5.41, 5.74) is 0. The van der Waals surface area contributed by atoms with Crippen molar-refractivity contribution in [1.29, 1.82) is 0 Å². The Hall–Kier alpha value is 0.0695. The van der Waals surface area contributed by atoms with Crippen molar-refractivity contribution < 1.29 is 30.0 Å². The third-order valence-corrected chi connectivity index (χ3v) is 15.5. The largest absolute Gasteiger partial charge is 0.344 e. The summed E-state index contributed by atoms with van der Waals surface area (Å²) in [7, 11) is -4.16. The maximum absolute atomic E-state index is 12.8. The summed E-state index contributed by atoms with van der Waals surface area (Å²) in [5, 5.41) is 31.8. The Labute approximate surface area is 286 Å². The van der Waals surface area contributed by atoms with Gasteiger partial charge in [0.15, 0.2) is 0 Å². The molecule has 0 amide bonds. The van der Waals surface area contributed by atoms with Gasteiger partial charge >= 0.3 is 0 Å². The molecule has 17 atom stereocenters. The number of hydrogen-bond acceptors (Lipinski definition) is 11. The van der Waals surface area contributed by atoms with Crippen LogP contribution in [0.5, 0.6) is 0 Å². The molecule has 5 aliphatic heterocycles. The molecule has 9 aliphatic rings. The van der Waals surface area contributed by atoms with E-state index in [0.717, 1.165) is 12.8 Å². The fourth-order valence-electron chi connectivity index (χ4n) is 12.3. The van der Waals surface area contributed by atoms with Gasteiger partial charge in [-0.3, -0.25) is 47.1 Å². The molecule has 1 radical (unpaired) electrons. The fourth-order valence-corrected chi connectivity index (χ4v) is 13.6. The zero-order valence-corrected chi connectivity index (χ0v) is 28.9. The van der Waals surface area contributed by atoms with E-state index in [2.05, 4.69) is 42.5 Å². The summed E-state index contributed by atoms with van der Waals surface area (Å²) in [5.74, 6) is 3.50. The molecule has 4 saturated carbocycles. The molecule has 0 aromatic heterocycles. The van der Waals surface area contributed by atoms with Gasteiger partial charge in [-0.25, -0.2) is 0 Å². The number of rotatable bonds is 1. The maximum atomic E-state index is 12.8. The van der Waals surface area contributed by atoms with Crippen molar-refractivity contribution in [3.05, 3.63) is 0 Å². The van der Waals surface area contributed by atoms with E-state index >= 15 is 0 Å². The van der Waals surface area contributed by atoms with Gasteiger partial charge in [0.1, 0.15) is 0 Å². The summed E-state index contributed by atoms with van der Waals surface area (Å²) < 4.78 is 36.1. The van der Waals surface area contributed by atoms with Crippen LogP contribution in [0, 0.1) is 47.3 Å². The van der Waals surface area contributed by atoms with Gasteiger partial charge < -0.3 is 6.15 Å². The van der Waals surface area contributed by atoms with E-state index < -0.39 is 15.4 Å². The Bertz CT molecular complexity index is 1190. The first-order valence-electron chi connectivity index (χ1n) is 18.5. The second-order valence-electron chi connectivity index (χ2n) is 16.2. The van der Waals surface area contributed by atoms with Crippen molar-refractivity contribution in [2.45, 2.75) is 151 Å². The molecule has 4 aliphatic carbocycles. The van der Waals surface area contributed by atoms with Crippen molar-refractivity contribution >= 4 is 10.1 Å². The monoisotopic (exact) mass is 712 g/mol. The first-order chi connectivity index (χ1) is 21.4. The third kappa shape index (κ3) is 5.96. The average Bonchev–Trinajstić information content (AvgIpc) is 3.76. The standard InChI is InChI=1S/C32H56N8O3S.Cu.H3N/c41-44(42,43)23-15-7-14-22-24(23)32-39-30-21-13-6-5-12-20(21)28(37-30)35-26-17-9-2-1-8-16(17)25(33-26)34-27-18-10-3-4-11-19(18)29(36-27)38-31(22)40-32;;/h16-40H,1-15H2,(H,41,42,43);;1H3. The van der Waals surface area contributed by atoms with Crippen LogP contribution in [-0.2, 0) is 27.2 Å². The van der Waals surface area contributed by atoms with E-state index in [1.54, 1.807) is 0 Å². The second kappa shape index (κ2) is 13.7. The number of nitrogens with one attached hydrogen (secondary N) is 8. The molecule has 9 rings (SSSR count). The number of hydrogen-bond donors (Lipinski definition) is 10. The van der Waals surface area contributed by atoms with Gasteiger partial charge in [0, 0.05) is 23.0 Å². The van der Waals surface area contributed by atoms with Gasteiger partial charge in [0.2, 0.25) is 0 Å². The summed E-state index contributed by atoms with van der Waals surface area (Å²) in [6.07, 6.45) is 18.9. The molecule has 8 bridgehead atoms. The Balaban J connectivity index is 0.00000169. The molecule has 17 unspecified atom stereocenters. The first-order valence-corrected chi connectivity index (χ1v) is 20.0. The van der Waals surface area contributed by atoms with Gasteiger partial charge in [-0.15, -0.1) is 0 Å². The van der Waals surface area contributed by atoms with Gasteiger partial charge in [-0.05, 0) is 92.8 Å². The summed E-state index contributed by atoms with van der Waals surface area (Å²) in [6, 6.07) is 0. The predicted octanol–water partition coefficient (Wildman–Crippen LogP) is 1.63. The van der Waals surface area contributed by atoms with Crippen LogP contribution in [-0.4, -0.2) is 67.5 Å². The van der Waals surface area contributed by atoms with Crippen LogP contribution in [0.1, 0.15) is 96.3 Å². The summed E-state index contributed by atoms with van der Waals surface area (Å²) in [6.45, 7) is 0. The predicted molar refractivity (Wildman–Crippen MR) is 173 cm³/mol. The SMILES string of the molecule is N.O=S(=O)(O)C1CCCC2C3NC4NC(NC5NC(NC6NC(NC(N3)C21)C1CCCCC61)C1CCCCC51)C1CCCCC41.[Cu]. The molecule has 267 valence electrons. The van der Waals surface area contributed by atoms with Crippen LogP contribution >= 0.6 is 0 Å².